The van der Waals surface area contributed by atoms with E-state index in [0.29, 0.717) is 0 Å². The standard InChI is InChI=1S/C14H27NO/c1-11(15-7-3-4-8-16-2)14-10-12-5-6-13(14)9-12/h11-15H,3-10H2,1-2H3. The zero-order valence-corrected chi connectivity index (χ0v) is 10.9. The van der Waals surface area contributed by atoms with Crippen molar-refractivity contribution in [1.29, 1.82) is 0 Å². The van der Waals surface area contributed by atoms with Crippen LogP contribution in [0.5, 0.6) is 0 Å². The van der Waals surface area contributed by atoms with E-state index in [1.807, 2.05) is 0 Å². The van der Waals surface area contributed by atoms with Crippen LogP contribution in [0.25, 0.3) is 0 Å². The molecule has 0 radical (unpaired) electrons. The van der Waals surface area contributed by atoms with Crippen LogP contribution in [-0.4, -0.2) is 26.3 Å². The van der Waals surface area contributed by atoms with Crippen LogP contribution in [0.3, 0.4) is 0 Å². The van der Waals surface area contributed by atoms with Gasteiger partial charge in [0, 0.05) is 19.8 Å². The number of unbranched alkanes of at least 4 members (excludes halogenated alkanes) is 1. The Morgan fingerprint density at radius 3 is 2.75 bits per heavy atom. The molecule has 4 atom stereocenters. The van der Waals surface area contributed by atoms with Crippen LogP contribution < -0.4 is 5.32 Å². The van der Waals surface area contributed by atoms with E-state index in [0.717, 1.165) is 30.4 Å². The molecule has 0 heterocycles. The summed E-state index contributed by atoms with van der Waals surface area (Å²) in [6.45, 7) is 4.46. The molecule has 0 saturated heterocycles. The van der Waals surface area contributed by atoms with Crippen LogP contribution in [0.2, 0.25) is 0 Å². The van der Waals surface area contributed by atoms with Crippen molar-refractivity contribution in [3.05, 3.63) is 0 Å². The molecule has 0 aliphatic heterocycles. The SMILES string of the molecule is COCCCCNC(C)C1CC2CCC1C2. The molecule has 2 heteroatoms. The summed E-state index contributed by atoms with van der Waals surface area (Å²) in [5.41, 5.74) is 0. The Kier molecular flexibility index (Phi) is 4.66. The molecule has 2 bridgehead atoms. The molecule has 2 fully saturated rings. The van der Waals surface area contributed by atoms with Gasteiger partial charge < -0.3 is 10.1 Å². The van der Waals surface area contributed by atoms with Crippen molar-refractivity contribution in [3.8, 4) is 0 Å². The molecule has 2 aliphatic carbocycles. The van der Waals surface area contributed by atoms with Gasteiger partial charge in [-0.15, -0.1) is 0 Å². The van der Waals surface area contributed by atoms with E-state index in [1.165, 1.54) is 45.1 Å². The molecule has 2 nitrogen and oxygen atoms in total. The normalized spacial score (nSPS) is 34.5. The van der Waals surface area contributed by atoms with Crippen LogP contribution >= 0.6 is 0 Å². The molecular formula is C14H27NO. The third-order valence-corrected chi connectivity index (χ3v) is 4.68. The maximum absolute atomic E-state index is 5.06. The second kappa shape index (κ2) is 6.02. The molecule has 1 N–H and O–H groups in total. The lowest BCUT2D eigenvalue weighted by molar-refractivity contribution is 0.191. The summed E-state index contributed by atoms with van der Waals surface area (Å²) < 4.78 is 5.06. The maximum Gasteiger partial charge on any atom is 0.0462 e. The van der Waals surface area contributed by atoms with Gasteiger partial charge in [0.15, 0.2) is 0 Å². The van der Waals surface area contributed by atoms with E-state index in [4.69, 9.17) is 4.74 Å². The number of nitrogens with one attached hydrogen (secondary N) is 1. The van der Waals surface area contributed by atoms with E-state index in [9.17, 15) is 0 Å². The number of methoxy groups -OCH3 is 1. The van der Waals surface area contributed by atoms with Gasteiger partial charge in [-0.25, -0.2) is 0 Å². The zero-order chi connectivity index (χ0) is 11.4. The zero-order valence-electron chi connectivity index (χ0n) is 10.9. The molecule has 2 aliphatic rings. The summed E-state index contributed by atoms with van der Waals surface area (Å²) in [5, 5.41) is 3.71. The van der Waals surface area contributed by atoms with Crippen molar-refractivity contribution in [2.24, 2.45) is 17.8 Å². The Hall–Kier alpha value is -0.0800. The van der Waals surface area contributed by atoms with Crippen molar-refractivity contribution >= 4 is 0 Å². The highest BCUT2D eigenvalue weighted by molar-refractivity contribution is 4.93. The first kappa shape index (κ1) is 12.4. The molecule has 2 rings (SSSR count). The Bertz CT molecular complexity index is 207. The second-order valence-electron chi connectivity index (χ2n) is 5.78. The van der Waals surface area contributed by atoms with Crippen molar-refractivity contribution in [2.75, 3.05) is 20.3 Å². The number of hydrogen-bond acceptors (Lipinski definition) is 2. The number of hydrogen-bond donors (Lipinski definition) is 1. The van der Waals surface area contributed by atoms with Crippen LogP contribution in [0.4, 0.5) is 0 Å². The Balaban J connectivity index is 1.59. The van der Waals surface area contributed by atoms with E-state index in [1.54, 1.807) is 7.11 Å². The average Bonchev–Trinajstić information content (AvgIpc) is 2.90. The monoisotopic (exact) mass is 225 g/mol. The minimum Gasteiger partial charge on any atom is -0.385 e. The lowest BCUT2D eigenvalue weighted by Crippen LogP contribution is -2.36. The van der Waals surface area contributed by atoms with Gasteiger partial charge in [0.2, 0.25) is 0 Å². The molecule has 16 heavy (non-hydrogen) atoms. The smallest absolute Gasteiger partial charge is 0.0462 e. The highest BCUT2D eigenvalue weighted by atomic mass is 16.5. The van der Waals surface area contributed by atoms with Gasteiger partial charge >= 0.3 is 0 Å². The quantitative estimate of drug-likeness (QED) is 0.673. The Labute approximate surface area is 100 Å². The Morgan fingerprint density at radius 1 is 1.25 bits per heavy atom. The van der Waals surface area contributed by atoms with E-state index >= 15 is 0 Å². The van der Waals surface area contributed by atoms with Crippen molar-refractivity contribution in [3.63, 3.8) is 0 Å². The molecule has 0 aromatic rings. The predicted octanol–water partition coefficient (Wildman–Crippen LogP) is 2.83. The topological polar surface area (TPSA) is 21.3 Å². The molecular weight excluding hydrogens is 198 g/mol. The summed E-state index contributed by atoms with van der Waals surface area (Å²) >= 11 is 0. The summed E-state index contributed by atoms with van der Waals surface area (Å²) in [7, 11) is 1.78. The van der Waals surface area contributed by atoms with Crippen LogP contribution in [0.15, 0.2) is 0 Å². The van der Waals surface area contributed by atoms with Crippen LogP contribution in [0.1, 0.15) is 45.4 Å². The lowest BCUT2D eigenvalue weighted by Gasteiger charge is -2.28. The molecule has 0 amide bonds. The van der Waals surface area contributed by atoms with Gasteiger partial charge in [-0.2, -0.15) is 0 Å². The Morgan fingerprint density at radius 2 is 2.12 bits per heavy atom. The molecule has 0 aromatic heterocycles. The predicted molar refractivity (Wildman–Crippen MR) is 67.5 cm³/mol. The first-order valence-corrected chi connectivity index (χ1v) is 7.03. The van der Waals surface area contributed by atoms with E-state index < -0.39 is 0 Å². The fraction of sp³-hybridized carbons (Fsp3) is 1.00. The highest BCUT2D eigenvalue weighted by Crippen LogP contribution is 2.49. The molecule has 4 unspecified atom stereocenters. The number of fused-ring (bicyclic) bond motifs is 2. The maximum atomic E-state index is 5.06. The average molecular weight is 225 g/mol. The van der Waals surface area contributed by atoms with Gasteiger partial charge in [-0.05, 0) is 63.3 Å². The minimum atomic E-state index is 0.734. The summed E-state index contributed by atoms with van der Waals surface area (Å²) in [5.74, 6) is 3.10. The number of ether oxygens (including phenoxy) is 1. The van der Waals surface area contributed by atoms with Gasteiger partial charge in [0.25, 0.3) is 0 Å². The van der Waals surface area contributed by atoms with Gasteiger partial charge in [-0.3, -0.25) is 0 Å². The molecule has 0 spiro atoms. The first-order chi connectivity index (χ1) is 7.81. The largest absolute Gasteiger partial charge is 0.385 e. The lowest BCUT2D eigenvalue weighted by atomic mass is 9.84. The third kappa shape index (κ3) is 2.98. The van der Waals surface area contributed by atoms with E-state index in [-0.39, 0.29) is 0 Å². The van der Waals surface area contributed by atoms with Gasteiger partial charge in [0.1, 0.15) is 0 Å². The summed E-state index contributed by atoms with van der Waals surface area (Å²) in [6.07, 6.45) is 8.48. The van der Waals surface area contributed by atoms with Gasteiger partial charge in [0.05, 0.1) is 0 Å². The number of rotatable bonds is 7. The van der Waals surface area contributed by atoms with Crippen LogP contribution in [-0.2, 0) is 4.74 Å². The fourth-order valence-electron chi connectivity index (χ4n) is 3.76. The minimum absolute atomic E-state index is 0.734. The second-order valence-corrected chi connectivity index (χ2v) is 5.78. The highest BCUT2D eigenvalue weighted by Gasteiger charge is 2.41. The van der Waals surface area contributed by atoms with Crippen molar-refractivity contribution < 1.29 is 4.74 Å². The molecule has 0 aromatic carbocycles. The fourth-order valence-corrected chi connectivity index (χ4v) is 3.76. The summed E-state index contributed by atoms with van der Waals surface area (Å²) in [6, 6.07) is 0.734. The third-order valence-electron chi connectivity index (χ3n) is 4.68. The van der Waals surface area contributed by atoms with Gasteiger partial charge in [-0.1, -0.05) is 6.42 Å². The molecule has 94 valence electrons. The van der Waals surface area contributed by atoms with Crippen LogP contribution in [0, 0.1) is 17.8 Å². The van der Waals surface area contributed by atoms with Crippen molar-refractivity contribution in [1.82, 2.24) is 5.32 Å². The van der Waals surface area contributed by atoms with Crippen molar-refractivity contribution in [2.45, 2.75) is 51.5 Å². The summed E-state index contributed by atoms with van der Waals surface area (Å²) in [4.78, 5) is 0. The first-order valence-electron chi connectivity index (χ1n) is 7.03. The van der Waals surface area contributed by atoms with E-state index in [2.05, 4.69) is 12.2 Å². The molecule has 2 saturated carbocycles.